The molecule has 0 amide bonds. The highest BCUT2D eigenvalue weighted by atomic mass is 35.5. The molecule has 0 saturated carbocycles. The molecule has 3 aliphatic rings. The number of carbonyl (C=O) groups is 6. The van der Waals surface area contributed by atoms with E-state index in [2.05, 4.69) is 75.2 Å². The predicted molar refractivity (Wildman–Crippen MR) is 413 cm³/mol. The Labute approximate surface area is 641 Å². The van der Waals surface area contributed by atoms with Gasteiger partial charge in [-0.1, -0.05) is 71.2 Å². The fraction of sp³-hybridized carbons (Fsp3) is 0.346. The second kappa shape index (κ2) is 43.6. The number of benzene rings is 3. The fourth-order valence-electron chi connectivity index (χ4n) is 12.2. The van der Waals surface area contributed by atoms with E-state index in [1.165, 1.54) is 20.8 Å². The van der Waals surface area contributed by atoms with Crippen molar-refractivity contribution in [2.24, 2.45) is 0 Å². The van der Waals surface area contributed by atoms with Crippen LogP contribution in [0.1, 0.15) is 108 Å². The molecule has 3 aromatic carbocycles. The number of aliphatic hydroxyl groups excluding tert-OH is 1. The number of carbonyl (C=O) groups excluding carboxylic acids is 3. The maximum absolute atomic E-state index is 10.1. The van der Waals surface area contributed by atoms with Gasteiger partial charge >= 0.3 is 17.9 Å². The van der Waals surface area contributed by atoms with E-state index in [1.807, 2.05) is 105 Å². The second-order valence-corrected chi connectivity index (χ2v) is 27.4. The average molecular weight is 1540 g/mol. The largest absolute Gasteiger partial charge is 0.478 e. The monoisotopic (exact) mass is 1530 g/mol. The maximum Gasteiger partial charge on any atom is 0.328 e. The Morgan fingerprint density at radius 2 is 0.750 bits per heavy atom. The molecular formula is C78H90Cl3N15O12. The Morgan fingerprint density at radius 1 is 0.463 bits per heavy atom. The summed E-state index contributed by atoms with van der Waals surface area (Å²) in [5.41, 5.74) is 14.2. The number of aromatic amines is 3. The zero-order chi connectivity index (χ0) is 78.1. The first-order valence-electron chi connectivity index (χ1n) is 34.9. The van der Waals surface area contributed by atoms with Gasteiger partial charge in [-0.05, 0) is 185 Å². The molecular weight excluding hydrogens is 1450 g/mol. The molecule has 6 aromatic heterocycles. The number of ether oxygens (including phenoxy) is 1. The van der Waals surface area contributed by atoms with Crippen molar-refractivity contribution in [3.63, 3.8) is 0 Å². The van der Waals surface area contributed by atoms with Crippen molar-refractivity contribution in [3.05, 3.63) is 197 Å². The molecule has 30 heteroatoms. The molecule has 570 valence electrons. The van der Waals surface area contributed by atoms with Crippen LogP contribution in [0.4, 0.5) is 0 Å². The molecule has 0 atom stereocenters. The van der Waals surface area contributed by atoms with Crippen molar-refractivity contribution in [3.8, 4) is 67.5 Å². The van der Waals surface area contributed by atoms with Gasteiger partial charge in [-0.25, -0.2) is 44.3 Å². The summed E-state index contributed by atoms with van der Waals surface area (Å²) in [6.45, 7) is 17.0. The van der Waals surface area contributed by atoms with Gasteiger partial charge in [0.25, 0.3) is 0 Å². The number of hydrogen-bond donors (Lipinski definition) is 8. The Hall–Kier alpha value is -10.2. The number of aliphatic carboxylic acids is 3. The lowest BCUT2D eigenvalue weighted by Gasteiger charge is -2.35. The van der Waals surface area contributed by atoms with Crippen molar-refractivity contribution in [1.82, 2.24) is 75.2 Å². The minimum absolute atomic E-state index is 0.210. The Morgan fingerprint density at radius 3 is 0.981 bits per heavy atom. The van der Waals surface area contributed by atoms with Crippen molar-refractivity contribution in [1.29, 1.82) is 0 Å². The molecule has 0 unspecified atom stereocenters. The average Bonchev–Trinajstić information content (AvgIpc) is 1.63. The van der Waals surface area contributed by atoms with Crippen LogP contribution >= 0.6 is 34.8 Å². The van der Waals surface area contributed by atoms with Crippen molar-refractivity contribution in [2.45, 2.75) is 96.5 Å². The molecule has 108 heavy (non-hydrogen) atoms. The third-order valence-electron chi connectivity index (χ3n) is 17.3. The lowest BCUT2D eigenvalue weighted by molar-refractivity contribution is -0.132. The number of H-pyrrole nitrogens is 3. The summed E-state index contributed by atoms with van der Waals surface area (Å²) >= 11 is 18.2. The highest BCUT2D eigenvalue weighted by molar-refractivity contribution is 6.31. The smallest absolute Gasteiger partial charge is 0.328 e. The zero-order valence-corrected chi connectivity index (χ0v) is 63.2. The number of ketones is 3. The number of methoxy groups -OCH3 is 1. The number of aliphatic hydroxyl groups is 2. The van der Waals surface area contributed by atoms with Gasteiger partial charge < -0.3 is 45.0 Å². The summed E-state index contributed by atoms with van der Waals surface area (Å²) < 4.78 is 5.21. The Balaban J connectivity index is 0.000000196. The van der Waals surface area contributed by atoms with Gasteiger partial charge in [0.05, 0.1) is 35.9 Å². The van der Waals surface area contributed by atoms with Crippen LogP contribution < -0.4 is 0 Å². The molecule has 3 saturated heterocycles. The molecule has 9 heterocycles. The molecule has 0 bridgehead atoms. The lowest BCUT2D eigenvalue weighted by atomic mass is 9.88. The highest BCUT2D eigenvalue weighted by Gasteiger charge is 2.32. The summed E-state index contributed by atoms with van der Waals surface area (Å²) in [6, 6.07) is 29.0. The van der Waals surface area contributed by atoms with E-state index in [9.17, 15) is 33.9 Å². The number of carboxylic acid groups (broad SMARTS) is 3. The summed E-state index contributed by atoms with van der Waals surface area (Å²) in [5, 5.41) is 69.1. The number of nitrogens with zero attached hydrogens (tertiary/aromatic N) is 12. The van der Waals surface area contributed by atoms with Crippen LogP contribution in [0.15, 0.2) is 165 Å². The van der Waals surface area contributed by atoms with Gasteiger partial charge in [0.2, 0.25) is 0 Å². The van der Waals surface area contributed by atoms with Crippen LogP contribution in [0.5, 0.6) is 0 Å². The molecule has 0 aliphatic carbocycles. The van der Waals surface area contributed by atoms with Crippen LogP contribution in [0.25, 0.3) is 67.5 Å². The SMILES string of the molecule is CC(=O)/C=C/C(=O)O.CC(=O)/C=C/C(=O)O.CC(=O)/C=C/C(=O)O.CC(C)(O)CN1CCC(c2[nH]nc(-c3ccc(Cl)cc3)c2-c2ccncn2)CC1.COCCN1CCC(c2[nH]nc(-c3ccc(Cl)cc3)c2-c2ccncn2)CC1.OCCN1CCC(c2[nH]nc(-c3ccc(Cl)cc3)c2-c2ccncn2)CC1. The first kappa shape index (κ1) is 85.1. The van der Waals surface area contributed by atoms with Gasteiger partial charge in [0.15, 0.2) is 17.3 Å². The van der Waals surface area contributed by atoms with E-state index in [0.29, 0.717) is 39.4 Å². The number of β-amino-alcohol motifs (C(OH)–C–C–N with tert-alkyl or cyclic N) is 2. The predicted octanol–water partition coefficient (Wildman–Crippen LogP) is 12.2. The summed E-state index contributed by atoms with van der Waals surface area (Å²) in [5.74, 6) is -2.88. The van der Waals surface area contributed by atoms with Crippen LogP contribution in [0, 0.1) is 0 Å². The maximum atomic E-state index is 10.1. The molecule has 9 aromatic rings. The van der Waals surface area contributed by atoms with Crippen molar-refractivity contribution < 1.29 is 59.0 Å². The third kappa shape index (κ3) is 27.9. The molecule has 0 radical (unpaired) electrons. The van der Waals surface area contributed by atoms with Gasteiger partial charge in [-0.3, -0.25) is 29.7 Å². The number of likely N-dealkylation sites (tertiary alicyclic amines) is 3. The molecule has 12 rings (SSSR count). The van der Waals surface area contributed by atoms with E-state index < -0.39 is 23.5 Å². The number of nitrogens with one attached hydrogen (secondary N) is 3. The standard InChI is InChI=1S/C22H26ClN5O.C21H24ClN5O.C20H22ClN5O.3C5H6O3/c1-22(2,29)13-28-11-8-16(9-12-28)21-19(18-7-10-24-14-25-18)20(26-27-21)15-3-5-17(23)6-4-15;1-28-13-12-27-10-7-16(8-11-27)21-19(18-6-9-23-14-24-18)20(25-26-21)15-2-4-17(22)5-3-15;21-16-3-1-14(2-4-16)19-18(17-5-8-22-13-23-17)20(25-24-19)15-6-9-26(10-7-15)11-12-27;3*1-4(6)2-3-5(7)8/h3-7,10,14,16,29H,8-9,11-13H2,1-2H3,(H,26,27);2-6,9,14,16H,7-8,10-13H2,1H3,(H,25,26);1-5,8,13,15,27H,6-7,9-12H2,(H,24,25);3*2-3H,1H3,(H,7,8)/b;;;3*3-2+. The summed E-state index contributed by atoms with van der Waals surface area (Å²) in [6.07, 6.45) is 21.7. The Bertz CT molecular complexity index is 4270. The first-order valence-corrected chi connectivity index (χ1v) is 36.0. The van der Waals surface area contributed by atoms with E-state index in [4.69, 9.17) is 60.0 Å². The fourth-order valence-corrected chi connectivity index (χ4v) is 12.6. The summed E-state index contributed by atoms with van der Waals surface area (Å²) in [4.78, 5) is 91.8. The minimum Gasteiger partial charge on any atom is -0.478 e. The number of hydrogen-bond acceptors (Lipinski definition) is 21. The molecule has 3 aliphatic heterocycles. The van der Waals surface area contributed by atoms with E-state index in [0.717, 1.165) is 219 Å². The van der Waals surface area contributed by atoms with Gasteiger partial charge in [0.1, 0.15) is 36.1 Å². The van der Waals surface area contributed by atoms with Crippen LogP contribution in [-0.4, -0.2) is 221 Å². The summed E-state index contributed by atoms with van der Waals surface area (Å²) in [7, 11) is 1.75. The van der Waals surface area contributed by atoms with Gasteiger partial charge in [0, 0.05) is 147 Å². The first-order chi connectivity index (χ1) is 51.8. The molecule has 3 fully saturated rings. The van der Waals surface area contributed by atoms with E-state index in [1.54, 1.807) is 44.7 Å². The van der Waals surface area contributed by atoms with E-state index in [-0.39, 0.29) is 24.0 Å². The van der Waals surface area contributed by atoms with Gasteiger partial charge in [-0.15, -0.1) is 0 Å². The quantitative estimate of drug-likeness (QED) is 0.0292. The molecule has 27 nitrogen and oxygen atoms in total. The second-order valence-electron chi connectivity index (χ2n) is 26.0. The molecule has 0 spiro atoms. The number of carboxylic acids is 3. The van der Waals surface area contributed by atoms with Gasteiger partial charge in [-0.2, -0.15) is 15.3 Å². The van der Waals surface area contributed by atoms with Crippen LogP contribution in [0.2, 0.25) is 15.1 Å². The van der Waals surface area contributed by atoms with Crippen LogP contribution in [0.3, 0.4) is 0 Å². The van der Waals surface area contributed by atoms with Crippen molar-refractivity contribution in [2.75, 3.05) is 79.2 Å². The normalized spacial score (nSPS) is 14.6. The van der Waals surface area contributed by atoms with Crippen LogP contribution in [-0.2, 0) is 33.5 Å². The third-order valence-corrected chi connectivity index (χ3v) is 18.0. The molecule has 8 N–H and O–H groups in total. The Kier molecular flexibility index (Phi) is 34.3. The van der Waals surface area contributed by atoms with Crippen molar-refractivity contribution >= 4 is 70.1 Å². The number of rotatable bonds is 22. The zero-order valence-electron chi connectivity index (χ0n) is 60.9. The number of halogens is 3. The highest BCUT2D eigenvalue weighted by Crippen LogP contribution is 2.43. The number of allylic oxidation sites excluding steroid dienone is 3. The minimum atomic E-state index is -1.10. The number of aromatic nitrogens is 12. The lowest BCUT2D eigenvalue weighted by Crippen LogP contribution is -2.42. The number of piperidine rings is 3. The topological polar surface area (TPSA) is 386 Å². The van der Waals surface area contributed by atoms with E-state index >= 15 is 0 Å².